The Morgan fingerprint density at radius 2 is 1.54 bits per heavy atom. The van der Waals surface area contributed by atoms with Gasteiger partial charge in [0.25, 0.3) is 0 Å². The number of aliphatic hydroxyl groups is 1. The van der Waals surface area contributed by atoms with Crippen molar-refractivity contribution in [2.24, 2.45) is 0 Å². The van der Waals surface area contributed by atoms with Crippen molar-refractivity contribution < 1.29 is 24.2 Å². The molecule has 2 rings (SSSR count). The molecule has 0 heterocycles. The van der Waals surface area contributed by atoms with E-state index in [4.69, 9.17) is 9.47 Å². The number of benzene rings is 2. The molecule has 0 bridgehead atoms. The fourth-order valence-corrected chi connectivity index (χ4v) is 2.05. The second kappa shape index (κ2) is 9.43. The van der Waals surface area contributed by atoms with E-state index in [0.717, 1.165) is 0 Å². The summed E-state index contributed by atoms with van der Waals surface area (Å²) in [5, 5.41) is 14.6. The lowest BCUT2D eigenvalue weighted by molar-refractivity contribution is 0.0526. The highest BCUT2D eigenvalue weighted by atomic mass is 16.5. The summed E-state index contributed by atoms with van der Waals surface area (Å²) in [4.78, 5) is 23.6. The zero-order valence-electron chi connectivity index (χ0n) is 14.7. The Morgan fingerprint density at radius 1 is 1.00 bits per heavy atom. The Balaban J connectivity index is 1.87. The Hall–Kier alpha value is -3.06. The fourth-order valence-electron chi connectivity index (χ4n) is 2.05. The minimum atomic E-state index is -0.547. The van der Waals surface area contributed by atoms with E-state index in [-0.39, 0.29) is 6.61 Å². The Labute approximate surface area is 151 Å². The van der Waals surface area contributed by atoms with Gasteiger partial charge in [-0.05, 0) is 62.4 Å². The lowest BCUT2D eigenvalue weighted by Gasteiger charge is -2.10. The summed E-state index contributed by atoms with van der Waals surface area (Å²) in [6, 6.07) is 12.8. The van der Waals surface area contributed by atoms with E-state index in [1.54, 1.807) is 62.4 Å². The van der Waals surface area contributed by atoms with Crippen molar-refractivity contribution in [2.45, 2.75) is 20.0 Å². The number of esters is 1. The molecule has 0 saturated carbocycles. The van der Waals surface area contributed by atoms with Crippen LogP contribution in [0, 0.1) is 0 Å². The van der Waals surface area contributed by atoms with E-state index in [2.05, 4.69) is 10.6 Å². The molecule has 26 heavy (non-hydrogen) atoms. The van der Waals surface area contributed by atoms with Gasteiger partial charge in [0, 0.05) is 11.4 Å². The van der Waals surface area contributed by atoms with Crippen LogP contribution < -0.4 is 15.4 Å². The maximum atomic E-state index is 12.0. The normalized spacial score (nSPS) is 11.3. The van der Waals surface area contributed by atoms with Crippen molar-refractivity contribution in [1.29, 1.82) is 0 Å². The largest absolute Gasteiger partial charge is 0.491 e. The maximum Gasteiger partial charge on any atom is 0.338 e. The third-order valence-corrected chi connectivity index (χ3v) is 3.26. The molecule has 7 heteroatoms. The molecule has 0 aliphatic rings. The molecular formula is C19H22N2O5. The van der Waals surface area contributed by atoms with Gasteiger partial charge in [0.2, 0.25) is 0 Å². The minimum Gasteiger partial charge on any atom is -0.491 e. The third-order valence-electron chi connectivity index (χ3n) is 3.26. The average molecular weight is 358 g/mol. The summed E-state index contributed by atoms with van der Waals surface area (Å²) in [5.41, 5.74) is 1.56. The molecule has 1 unspecified atom stereocenters. The van der Waals surface area contributed by atoms with Gasteiger partial charge in [-0.25, -0.2) is 9.59 Å². The molecule has 0 radical (unpaired) electrons. The number of aliphatic hydroxyl groups excluding tert-OH is 1. The van der Waals surface area contributed by atoms with Crippen molar-refractivity contribution in [3.63, 3.8) is 0 Å². The number of anilines is 2. The standard InChI is InChI=1S/C19H22N2O5/c1-3-25-18(23)14-4-6-15(7-5-14)20-19(24)21-16-8-10-17(11-9-16)26-12-13(2)22/h4-11,13,22H,3,12H2,1-2H3,(H2,20,21,24). The Morgan fingerprint density at radius 3 is 2.04 bits per heavy atom. The van der Waals surface area contributed by atoms with Gasteiger partial charge in [-0.1, -0.05) is 0 Å². The van der Waals surface area contributed by atoms with E-state index < -0.39 is 18.1 Å². The molecule has 0 aliphatic heterocycles. The van der Waals surface area contributed by atoms with Crippen LogP contribution in [0.3, 0.4) is 0 Å². The van der Waals surface area contributed by atoms with Gasteiger partial charge in [0.05, 0.1) is 18.3 Å². The summed E-state index contributed by atoms with van der Waals surface area (Å²) in [7, 11) is 0. The monoisotopic (exact) mass is 358 g/mol. The number of ether oxygens (including phenoxy) is 2. The number of carbonyl (C=O) groups excluding carboxylic acids is 2. The Kier molecular flexibility index (Phi) is 6.99. The van der Waals surface area contributed by atoms with Crippen molar-refractivity contribution >= 4 is 23.4 Å². The van der Waals surface area contributed by atoms with Crippen LogP contribution in [0.5, 0.6) is 5.75 Å². The molecule has 0 spiro atoms. The molecule has 3 N–H and O–H groups in total. The molecule has 0 aliphatic carbocycles. The summed E-state index contributed by atoms with van der Waals surface area (Å²) in [6.07, 6.45) is -0.547. The summed E-state index contributed by atoms with van der Waals surface area (Å²) < 4.78 is 10.3. The van der Waals surface area contributed by atoms with Crippen molar-refractivity contribution in [3.05, 3.63) is 54.1 Å². The van der Waals surface area contributed by atoms with Gasteiger partial charge in [-0.15, -0.1) is 0 Å². The van der Waals surface area contributed by atoms with Crippen LogP contribution in [0.25, 0.3) is 0 Å². The molecular weight excluding hydrogens is 336 g/mol. The topological polar surface area (TPSA) is 96.9 Å². The van der Waals surface area contributed by atoms with Gasteiger partial charge in [0.15, 0.2) is 0 Å². The van der Waals surface area contributed by atoms with E-state index >= 15 is 0 Å². The van der Waals surface area contributed by atoms with E-state index in [1.807, 2.05) is 0 Å². The lowest BCUT2D eigenvalue weighted by atomic mass is 10.2. The predicted octanol–water partition coefficient (Wildman–Crippen LogP) is 3.27. The molecule has 2 aromatic carbocycles. The molecule has 2 amide bonds. The number of hydrogen-bond acceptors (Lipinski definition) is 5. The van der Waals surface area contributed by atoms with E-state index in [0.29, 0.717) is 29.3 Å². The van der Waals surface area contributed by atoms with Gasteiger partial charge in [-0.2, -0.15) is 0 Å². The second-order valence-corrected chi connectivity index (χ2v) is 5.56. The minimum absolute atomic E-state index is 0.203. The van der Waals surface area contributed by atoms with Crippen molar-refractivity contribution in [3.8, 4) is 5.75 Å². The highest BCUT2D eigenvalue weighted by Gasteiger charge is 2.07. The molecule has 0 aromatic heterocycles. The zero-order valence-corrected chi connectivity index (χ0v) is 14.7. The SMILES string of the molecule is CCOC(=O)c1ccc(NC(=O)Nc2ccc(OCC(C)O)cc2)cc1. The molecule has 0 saturated heterocycles. The molecule has 2 aromatic rings. The lowest BCUT2D eigenvalue weighted by Crippen LogP contribution is -2.19. The van der Waals surface area contributed by atoms with Crippen LogP contribution in [0.1, 0.15) is 24.2 Å². The first-order chi connectivity index (χ1) is 12.5. The molecule has 7 nitrogen and oxygen atoms in total. The first kappa shape index (κ1) is 19.3. The summed E-state index contributed by atoms with van der Waals surface area (Å²) in [5.74, 6) is 0.202. The van der Waals surface area contributed by atoms with Gasteiger partial charge in [0.1, 0.15) is 12.4 Å². The van der Waals surface area contributed by atoms with Gasteiger partial charge >= 0.3 is 12.0 Å². The average Bonchev–Trinajstić information content (AvgIpc) is 2.62. The number of carbonyl (C=O) groups is 2. The van der Waals surface area contributed by atoms with E-state index in [1.165, 1.54) is 0 Å². The third kappa shape index (κ3) is 6.10. The van der Waals surface area contributed by atoms with Gasteiger partial charge in [-0.3, -0.25) is 0 Å². The van der Waals surface area contributed by atoms with Crippen LogP contribution in [0.15, 0.2) is 48.5 Å². The van der Waals surface area contributed by atoms with Crippen LogP contribution in [0.2, 0.25) is 0 Å². The van der Waals surface area contributed by atoms with Crippen LogP contribution in [-0.2, 0) is 4.74 Å². The molecule has 0 fully saturated rings. The van der Waals surface area contributed by atoms with Crippen LogP contribution in [-0.4, -0.2) is 36.4 Å². The number of amides is 2. The highest BCUT2D eigenvalue weighted by Crippen LogP contribution is 2.17. The molecule has 1 atom stereocenters. The fraction of sp³-hybridized carbons (Fsp3) is 0.263. The van der Waals surface area contributed by atoms with Crippen molar-refractivity contribution in [2.75, 3.05) is 23.8 Å². The predicted molar refractivity (Wildman–Crippen MR) is 98.7 cm³/mol. The summed E-state index contributed by atoms with van der Waals surface area (Å²) in [6.45, 7) is 3.89. The zero-order chi connectivity index (χ0) is 18.9. The van der Waals surface area contributed by atoms with Crippen LogP contribution >= 0.6 is 0 Å². The first-order valence-electron chi connectivity index (χ1n) is 8.24. The number of rotatable bonds is 7. The van der Waals surface area contributed by atoms with Crippen molar-refractivity contribution in [1.82, 2.24) is 0 Å². The van der Waals surface area contributed by atoms with Gasteiger partial charge < -0.3 is 25.2 Å². The second-order valence-electron chi connectivity index (χ2n) is 5.56. The van der Waals surface area contributed by atoms with E-state index in [9.17, 15) is 14.7 Å². The maximum absolute atomic E-state index is 12.0. The first-order valence-corrected chi connectivity index (χ1v) is 8.24. The highest BCUT2D eigenvalue weighted by molar-refractivity contribution is 6.00. The smallest absolute Gasteiger partial charge is 0.338 e. The number of hydrogen-bond donors (Lipinski definition) is 3. The van der Waals surface area contributed by atoms with Crippen LogP contribution in [0.4, 0.5) is 16.2 Å². The summed E-state index contributed by atoms with van der Waals surface area (Å²) >= 11 is 0. The number of urea groups is 1. The quantitative estimate of drug-likeness (QED) is 0.660. The molecule has 138 valence electrons. The number of nitrogens with one attached hydrogen (secondary N) is 2. The Bertz CT molecular complexity index is 727.